The largest absolute Gasteiger partial charge is 0.490 e. The molecule has 3 amide bonds. The van der Waals surface area contributed by atoms with Crippen molar-refractivity contribution in [2.24, 2.45) is 4.99 Å². The van der Waals surface area contributed by atoms with E-state index < -0.39 is 12.1 Å². The zero-order chi connectivity index (χ0) is 30.2. The molecule has 3 aromatic carbocycles. The summed E-state index contributed by atoms with van der Waals surface area (Å²) < 4.78 is 6.37. The van der Waals surface area contributed by atoms with Gasteiger partial charge < -0.3 is 15.0 Å². The molecule has 0 unspecified atom stereocenters. The molecule has 220 valence electrons. The average Bonchev–Trinajstić information content (AvgIpc) is 3.33. The van der Waals surface area contributed by atoms with Crippen molar-refractivity contribution in [2.45, 2.75) is 58.2 Å². The van der Waals surface area contributed by atoms with Gasteiger partial charge in [0.25, 0.3) is 0 Å². The third-order valence-electron chi connectivity index (χ3n) is 7.46. The molecule has 42 heavy (non-hydrogen) atoms. The molecule has 1 N–H and O–H groups in total. The zero-order valence-electron chi connectivity index (χ0n) is 24.5. The van der Waals surface area contributed by atoms with Crippen molar-refractivity contribution in [1.29, 1.82) is 0 Å². The molecule has 9 heteroatoms. The summed E-state index contributed by atoms with van der Waals surface area (Å²) in [5.41, 5.74) is 3.47. The number of ether oxygens (including phenoxy) is 1. The van der Waals surface area contributed by atoms with Gasteiger partial charge in [0.2, 0.25) is 5.91 Å². The van der Waals surface area contributed by atoms with Crippen LogP contribution in [0.2, 0.25) is 10.0 Å². The maximum absolute atomic E-state index is 14.5. The fourth-order valence-electron chi connectivity index (χ4n) is 5.33. The Morgan fingerprint density at radius 2 is 1.60 bits per heavy atom. The molecule has 1 saturated heterocycles. The molecule has 3 aromatic rings. The Hall–Kier alpha value is -3.55. The van der Waals surface area contributed by atoms with E-state index in [-0.39, 0.29) is 30.0 Å². The summed E-state index contributed by atoms with van der Waals surface area (Å²) in [6, 6.07) is 19.9. The highest BCUT2D eigenvalue weighted by molar-refractivity contribution is 6.30. The first-order valence-corrected chi connectivity index (χ1v) is 14.9. The number of amides is 3. The smallest absolute Gasteiger partial charge is 0.326 e. The van der Waals surface area contributed by atoms with Gasteiger partial charge in [-0.25, -0.2) is 4.79 Å². The second kappa shape index (κ2) is 12.0. The Morgan fingerprint density at radius 1 is 0.976 bits per heavy atom. The molecule has 2 atom stereocenters. The number of amidine groups is 1. The van der Waals surface area contributed by atoms with Gasteiger partial charge in [-0.3, -0.25) is 14.7 Å². The van der Waals surface area contributed by atoms with Crippen LogP contribution in [-0.2, 0) is 10.2 Å². The normalized spacial score (nSPS) is 19.1. The minimum absolute atomic E-state index is 0.0279. The van der Waals surface area contributed by atoms with Gasteiger partial charge in [0.15, 0.2) is 0 Å². The van der Waals surface area contributed by atoms with Crippen LogP contribution in [0.3, 0.4) is 0 Å². The number of nitrogens with one attached hydrogen (secondary N) is 1. The van der Waals surface area contributed by atoms with E-state index in [4.69, 9.17) is 32.9 Å². The lowest BCUT2D eigenvalue weighted by Crippen LogP contribution is -2.55. The van der Waals surface area contributed by atoms with E-state index in [1.165, 1.54) is 0 Å². The monoisotopic (exact) mass is 606 g/mol. The second-order valence-electron chi connectivity index (χ2n) is 12.0. The van der Waals surface area contributed by atoms with Gasteiger partial charge in [0, 0.05) is 23.1 Å². The number of benzene rings is 3. The number of carbonyl (C=O) groups excluding carboxylic acids is 2. The van der Waals surface area contributed by atoms with Crippen molar-refractivity contribution in [3.05, 3.63) is 99.0 Å². The number of hydrogen-bond donors (Lipinski definition) is 1. The van der Waals surface area contributed by atoms with Crippen LogP contribution >= 0.6 is 23.2 Å². The van der Waals surface area contributed by atoms with Crippen LogP contribution in [0, 0.1) is 0 Å². The summed E-state index contributed by atoms with van der Waals surface area (Å²) in [7, 11) is 0. The third kappa shape index (κ3) is 6.27. The summed E-state index contributed by atoms with van der Waals surface area (Å²) >= 11 is 12.5. The first-order chi connectivity index (χ1) is 19.9. The van der Waals surface area contributed by atoms with Gasteiger partial charge >= 0.3 is 6.03 Å². The number of halogens is 2. The van der Waals surface area contributed by atoms with Gasteiger partial charge in [-0.15, -0.1) is 0 Å². The number of aliphatic imine (C=N–C) groups is 1. The molecular formula is C33H36Cl2N4O3. The lowest BCUT2D eigenvalue weighted by molar-refractivity contribution is -0.123. The van der Waals surface area contributed by atoms with Gasteiger partial charge in [0.05, 0.1) is 17.7 Å². The molecule has 2 heterocycles. The molecule has 7 nitrogen and oxygen atoms in total. The van der Waals surface area contributed by atoms with Gasteiger partial charge in [-0.1, -0.05) is 74.3 Å². The highest BCUT2D eigenvalue weighted by Gasteiger charge is 2.45. The number of carbonyl (C=O) groups is 2. The Balaban J connectivity index is 1.72. The highest BCUT2D eigenvalue weighted by Crippen LogP contribution is 2.46. The summed E-state index contributed by atoms with van der Waals surface area (Å²) in [5, 5.41) is 4.02. The third-order valence-corrected chi connectivity index (χ3v) is 7.96. The summed E-state index contributed by atoms with van der Waals surface area (Å²) in [6.07, 6.45) is -0.102. The van der Waals surface area contributed by atoms with Crippen molar-refractivity contribution in [3.8, 4) is 5.75 Å². The second-order valence-corrected chi connectivity index (χ2v) is 12.9. The topological polar surface area (TPSA) is 74.2 Å². The predicted molar refractivity (Wildman–Crippen MR) is 168 cm³/mol. The Kier molecular flexibility index (Phi) is 8.53. The molecule has 5 rings (SSSR count). The van der Waals surface area contributed by atoms with Gasteiger partial charge in [-0.2, -0.15) is 0 Å². The Morgan fingerprint density at radius 3 is 2.17 bits per heavy atom. The fraction of sp³-hybridized carbons (Fsp3) is 0.364. The van der Waals surface area contributed by atoms with Crippen molar-refractivity contribution < 1.29 is 14.3 Å². The number of rotatable bonds is 5. The van der Waals surface area contributed by atoms with Crippen LogP contribution in [0.1, 0.15) is 69.0 Å². The van der Waals surface area contributed by atoms with Crippen LogP contribution in [0.4, 0.5) is 4.79 Å². The van der Waals surface area contributed by atoms with Crippen molar-refractivity contribution in [2.75, 3.05) is 19.6 Å². The zero-order valence-corrected chi connectivity index (χ0v) is 26.0. The van der Waals surface area contributed by atoms with E-state index in [2.05, 4.69) is 32.2 Å². The lowest BCUT2D eigenvalue weighted by Gasteiger charge is -2.36. The summed E-state index contributed by atoms with van der Waals surface area (Å²) in [4.78, 5) is 35.4. The maximum Gasteiger partial charge on any atom is 0.326 e. The predicted octanol–water partition coefficient (Wildman–Crippen LogP) is 7.17. The highest BCUT2D eigenvalue weighted by atomic mass is 35.5. The molecule has 1 fully saturated rings. The van der Waals surface area contributed by atoms with E-state index in [9.17, 15) is 9.59 Å². The number of urea groups is 1. The van der Waals surface area contributed by atoms with E-state index in [1.807, 2.05) is 74.5 Å². The minimum Gasteiger partial charge on any atom is -0.490 e. The molecular weight excluding hydrogens is 571 g/mol. The summed E-state index contributed by atoms with van der Waals surface area (Å²) in [6.45, 7) is 11.2. The molecule has 0 aliphatic carbocycles. The molecule has 0 aromatic heterocycles. The van der Waals surface area contributed by atoms with Crippen LogP contribution in [-0.4, -0.2) is 53.3 Å². The molecule has 0 bridgehead atoms. The minimum atomic E-state index is -0.509. The van der Waals surface area contributed by atoms with Crippen molar-refractivity contribution >= 4 is 41.0 Å². The van der Waals surface area contributed by atoms with Crippen molar-refractivity contribution in [3.63, 3.8) is 0 Å². The van der Waals surface area contributed by atoms with Crippen molar-refractivity contribution in [1.82, 2.24) is 15.1 Å². The van der Waals surface area contributed by atoms with Gasteiger partial charge in [-0.05, 0) is 72.4 Å². The van der Waals surface area contributed by atoms with E-state index in [1.54, 1.807) is 9.80 Å². The lowest BCUT2D eigenvalue weighted by atomic mass is 9.86. The van der Waals surface area contributed by atoms with Crippen LogP contribution in [0.25, 0.3) is 0 Å². The number of piperazine rings is 1. The Labute approximate surface area is 257 Å². The molecule has 2 aliphatic heterocycles. The summed E-state index contributed by atoms with van der Waals surface area (Å²) in [5.74, 6) is 0.946. The number of nitrogens with zero attached hydrogens (tertiary/aromatic N) is 3. The molecule has 2 aliphatic rings. The Bertz CT molecular complexity index is 1500. The van der Waals surface area contributed by atoms with Crippen LogP contribution in [0.5, 0.6) is 5.75 Å². The first-order valence-electron chi connectivity index (χ1n) is 14.2. The molecule has 0 saturated carbocycles. The van der Waals surface area contributed by atoms with Crippen LogP contribution in [0.15, 0.2) is 71.7 Å². The molecule has 0 radical (unpaired) electrons. The first kappa shape index (κ1) is 29.9. The quantitative estimate of drug-likeness (QED) is 0.334. The van der Waals surface area contributed by atoms with Gasteiger partial charge in [0.1, 0.15) is 24.2 Å². The average molecular weight is 608 g/mol. The number of hydrogen-bond acceptors (Lipinski definition) is 4. The maximum atomic E-state index is 14.5. The van der Waals surface area contributed by atoms with E-state index in [0.29, 0.717) is 40.3 Å². The van der Waals surface area contributed by atoms with E-state index in [0.717, 1.165) is 16.7 Å². The fourth-order valence-corrected chi connectivity index (χ4v) is 5.59. The standard InChI is InChI=1S/C33H36Cl2N4O3/c1-20(2)42-27-18-23(33(3,4)5)10-15-26(27)31-37-29(21-6-11-24(34)12-7-21)30(22-8-13-25(35)14-9-22)39(31)32(41)38-17-16-36-28(40)19-38/h6-15,18,20,29-30H,16-17,19H2,1-5H3,(H,36,40)/t29-,30+/m0/s1. The SMILES string of the molecule is CC(C)Oc1cc(C(C)(C)C)ccc1C1=N[C@@H](c2ccc(Cl)cc2)[C@@H](c2ccc(Cl)cc2)N1C(=O)N1CCNC(=O)C1. The molecule has 0 spiro atoms. The van der Waals surface area contributed by atoms with Crippen LogP contribution < -0.4 is 10.1 Å². The van der Waals surface area contributed by atoms with E-state index >= 15 is 0 Å².